The molecule has 2 fully saturated rings. The fourth-order valence-corrected chi connectivity index (χ4v) is 2.35. The van der Waals surface area contributed by atoms with Gasteiger partial charge >= 0.3 is 0 Å². The summed E-state index contributed by atoms with van der Waals surface area (Å²) < 4.78 is 31.6. The number of hydrogen-bond donors (Lipinski definition) is 0. The Morgan fingerprint density at radius 2 is 2.20 bits per heavy atom. The molecule has 0 bridgehead atoms. The van der Waals surface area contributed by atoms with Crippen LogP contribution in [-0.4, -0.2) is 17.0 Å². The van der Waals surface area contributed by atoms with Crippen LogP contribution in [0.25, 0.3) is 0 Å². The van der Waals surface area contributed by atoms with E-state index in [0.717, 1.165) is 5.69 Å². The van der Waals surface area contributed by atoms with Gasteiger partial charge in [-0.25, -0.2) is 8.78 Å². The SMILES string of the molecule is FC1(F)CCC2(c3ccccn3)OC2C1. The van der Waals surface area contributed by atoms with Gasteiger partial charge in [0, 0.05) is 19.0 Å². The first-order valence-corrected chi connectivity index (χ1v) is 5.10. The minimum Gasteiger partial charge on any atom is -0.359 e. The number of aromatic nitrogens is 1. The molecule has 80 valence electrons. The molecule has 0 aromatic carbocycles. The highest BCUT2D eigenvalue weighted by molar-refractivity contribution is 5.24. The third kappa shape index (κ3) is 1.35. The number of fused-ring (bicyclic) bond motifs is 1. The zero-order valence-corrected chi connectivity index (χ0v) is 8.12. The van der Waals surface area contributed by atoms with E-state index < -0.39 is 11.5 Å². The molecule has 2 heterocycles. The summed E-state index contributed by atoms with van der Waals surface area (Å²) in [6, 6.07) is 5.53. The molecule has 0 radical (unpaired) electrons. The monoisotopic (exact) mass is 211 g/mol. The van der Waals surface area contributed by atoms with Crippen LogP contribution in [-0.2, 0) is 10.3 Å². The highest BCUT2D eigenvalue weighted by Gasteiger charge is 2.65. The lowest BCUT2D eigenvalue weighted by Crippen LogP contribution is -2.30. The summed E-state index contributed by atoms with van der Waals surface area (Å²) in [4.78, 5) is 4.19. The average molecular weight is 211 g/mol. The molecule has 2 aliphatic rings. The molecule has 1 saturated heterocycles. The van der Waals surface area contributed by atoms with Crippen molar-refractivity contribution in [3.63, 3.8) is 0 Å². The third-order valence-corrected chi connectivity index (χ3v) is 3.26. The first kappa shape index (κ1) is 9.21. The fraction of sp³-hybridized carbons (Fsp3) is 0.545. The van der Waals surface area contributed by atoms with E-state index in [1.54, 1.807) is 6.20 Å². The summed E-state index contributed by atoms with van der Waals surface area (Å²) in [5.41, 5.74) is 0.300. The van der Waals surface area contributed by atoms with E-state index in [0.29, 0.717) is 6.42 Å². The van der Waals surface area contributed by atoms with Crippen LogP contribution in [0.1, 0.15) is 25.0 Å². The topological polar surface area (TPSA) is 25.4 Å². The summed E-state index contributed by atoms with van der Waals surface area (Å²) in [7, 11) is 0. The van der Waals surface area contributed by atoms with Crippen LogP contribution in [0.2, 0.25) is 0 Å². The molecule has 3 rings (SSSR count). The fourth-order valence-electron chi connectivity index (χ4n) is 2.35. The number of nitrogens with zero attached hydrogens (tertiary/aromatic N) is 1. The van der Waals surface area contributed by atoms with Crippen molar-refractivity contribution < 1.29 is 13.5 Å². The number of rotatable bonds is 1. The van der Waals surface area contributed by atoms with Crippen molar-refractivity contribution in [3.05, 3.63) is 30.1 Å². The lowest BCUT2D eigenvalue weighted by Gasteiger charge is -2.23. The normalized spacial score (nSPS) is 37.1. The second kappa shape index (κ2) is 2.76. The zero-order chi connectivity index (χ0) is 10.5. The number of halogens is 2. The maximum absolute atomic E-state index is 13.1. The van der Waals surface area contributed by atoms with E-state index >= 15 is 0 Å². The molecule has 15 heavy (non-hydrogen) atoms. The number of alkyl halides is 2. The Balaban J connectivity index is 1.86. The summed E-state index contributed by atoms with van der Waals surface area (Å²) in [5.74, 6) is -2.56. The van der Waals surface area contributed by atoms with Gasteiger partial charge in [0.05, 0.1) is 11.8 Å². The van der Waals surface area contributed by atoms with Crippen LogP contribution in [0.5, 0.6) is 0 Å². The van der Waals surface area contributed by atoms with Gasteiger partial charge in [0.15, 0.2) is 0 Å². The van der Waals surface area contributed by atoms with Gasteiger partial charge in [0.2, 0.25) is 0 Å². The Morgan fingerprint density at radius 1 is 1.33 bits per heavy atom. The minimum atomic E-state index is -2.56. The molecule has 1 aliphatic carbocycles. The molecule has 2 atom stereocenters. The van der Waals surface area contributed by atoms with Gasteiger partial charge in [-0.05, 0) is 18.6 Å². The molecule has 0 N–H and O–H groups in total. The first-order chi connectivity index (χ1) is 7.12. The van der Waals surface area contributed by atoms with Crippen molar-refractivity contribution in [2.24, 2.45) is 0 Å². The van der Waals surface area contributed by atoms with Crippen molar-refractivity contribution in [3.8, 4) is 0 Å². The van der Waals surface area contributed by atoms with Crippen molar-refractivity contribution in [1.29, 1.82) is 0 Å². The second-order valence-corrected chi connectivity index (χ2v) is 4.27. The van der Waals surface area contributed by atoms with E-state index in [4.69, 9.17) is 4.74 Å². The molecule has 2 unspecified atom stereocenters. The highest BCUT2D eigenvalue weighted by atomic mass is 19.3. The van der Waals surface area contributed by atoms with Gasteiger partial charge in [-0.15, -0.1) is 0 Å². The number of hydrogen-bond acceptors (Lipinski definition) is 2. The van der Waals surface area contributed by atoms with E-state index in [9.17, 15) is 8.78 Å². The van der Waals surface area contributed by atoms with Gasteiger partial charge in [0.25, 0.3) is 5.92 Å². The third-order valence-electron chi connectivity index (χ3n) is 3.26. The minimum absolute atomic E-state index is 0.0971. The lowest BCUT2D eigenvalue weighted by atomic mass is 9.84. The summed E-state index contributed by atoms with van der Waals surface area (Å²) in [6.45, 7) is 0. The first-order valence-electron chi connectivity index (χ1n) is 5.10. The Kier molecular flexibility index (Phi) is 1.69. The van der Waals surface area contributed by atoms with Gasteiger partial charge in [-0.2, -0.15) is 0 Å². The largest absolute Gasteiger partial charge is 0.359 e. The van der Waals surface area contributed by atoms with Gasteiger partial charge in [-0.3, -0.25) is 4.98 Å². The summed E-state index contributed by atoms with van der Waals surface area (Å²) in [6.07, 6.45) is 1.46. The molecule has 4 heteroatoms. The van der Waals surface area contributed by atoms with E-state index in [1.165, 1.54) is 0 Å². The Bertz CT molecular complexity index is 381. The maximum atomic E-state index is 13.1. The van der Waals surface area contributed by atoms with Crippen molar-refractivity contribution in [2.75, 3.05) is 0 Å². The van der Waals surface area contributed by atoms with Crippen molar-refractivity contribution in [2.45, 2.75) is 36.9 Å². The van der Waals surface area contributed by atoms with Crippen molar-refractivity contribution in [1.82, 2.24) is 4.98 Å². The quantitative estimate of drug-likeness (QED) is 0.667. The molecule has 0 spiro atoms. The van der Waals surface area contributed by atoms with E-state index in [-0.39, 0.29) is 18.9 Å². The molecule has 0 amide bonds. The van der Waals surface area contributed by atoms with E-state index in [2.05, 4.69) is 4.98 Å². The molecule has 1 aromatic heterocycles. The maximum Gasteiger partial charge on any atom is 0.250 e. The average Bonchev–Trinajstić information content (AvgIpc) is 2.92. The predicted octanol–water partition coefficient (Wildman–Crippen LogP) is 2.49. The Morgan fingerprint density at radius 3 is 2.87 bits per heavy atom. The van der Waals surface area contributed by atoms with Gasteiger partial charge in [0.1, 0.15) is 5.60 Å². The van der Waals surface area contributed by atoms with Crippen LogP contribution in [0, 0.1) is 0 Å². The second-order valence-electron chi connectivity index (χ2n) is 4.27. The van der Waals surface area contributed by atoms with E-state index in [1.807, 2.05) is 18.2 Å². The smallest absolute Gasteiger partial charge is 0.250 e. The standard InChI is InChI=1S/C11H11F2NO/c12-10(13)4-5-11(9(7-10)15-11)8-3-1-2-6-14-8/h1-3,6,9H,4-5,7H2. The molecular formula is C11H11F2NO. The van der Waals surface area contributed by atoms with Crippen LogP contribution in [0.4, 0.5) is 8.78 Å². The van der Waals surface area contributed by atoms with Gasteiger partial charge < -0.3 is 4.74 Å². The molecular weight excluding hydrogens is 200 g/mol. The number of ether oxygens (including phenoxy) is 1. The van der Waals surface area contributed by atoms with Crippen LogP contribution < -0.4 is 0 Å². The molecule has 1 aromatic rings. The molecule has 1 aliphatic heterocycles. The Labute approximate surface area is 86.3 Å². The Hall–Kier alpha value is -1.03. The predicted molar refractivity (Wildman–Crippen MR) is 49.6 cm³/mol. The van der Waals surface area contributed by atoms with Crippen LogP contribution in [0.15, 0.2) is 24.4 Å². The number of pyridine rings is 1. The van der Waals surface area contributed by atoms with Crippen molar-refractivity contribution >= 4 is 0 Å². The molecule has 1 saturated carbocycles. The summed E-state index contributed by atoms with van der Waals surface area (Å²) >= 11 is 0. The molecule has 2 nitrogen and oxygen atoms in total. The zero-order valence-electron chi connectivity index (χ0n) is 8.12. The summed E-state index contributed by atoms with van der Waals surface area (Å²) in [5, 5.41) is 0. The van der Waals surface area contributed by atoms with Crippen LogP contribution >= 0.6 is 0 Å². The number of epoxide rings is 1. The van der Waals surface area contributed by atoms with Gasteiger partial charge in [-0.1, -0.05) is 6.07 Å². The van der Waals surface area contributed by atoms with Crippen LogP contribution in [0.3, 0.4) is 0 Å². The highest BCUT2D eigenvalue weighted by Crippen LogP contribution is 2.58. The lowest BCUT2D eigenvalue weighted by molar-refractivity contribution is -0.0330.